The summed E-state index contributed by atoms with van der Waals surface area (Å²) >= 11 is 0.996. The Kier molecular flexibility index (Phi) is 5.56. The van der Waals surface area contributed by atoms with Crippen molar-refractivity contribution in [1.82, 2.24) is 4.90 Å². The average molecular weight is 353 g/mol. The maximum Gasteiger partial charge on any atom is 0.293 e. The Bertz CT molecular complexity index is 784. The molecule has 0 spiro atoms. The molecule has 2 amide bonds. The van der Waals surface area contributed by atoms with Crippen LogP contribution < -0.4 is 4.74 Å². The molecule has 1 saturated heterocycles. The van der Waals surface area contributed by atoms with Crippen molar-refractivity contribution in [3.63, 3.8) is 0 Å². The molecule has 5 heteroatoms. The summed E-state index contributed by atoms with van der Waals surface area (Å²) in [6.45, 7) is 2.92. The van der Waals surface area contributed by atoms with Crippen LogP contribution in [0.25, 0.3) is 6.08 Å². The number of hydrogen-bond donors (Lipinski definition) is 0. The van der Waals surface area contributed by atoms with Crippen molar-refractivity contribution in [1.29, 1.82) is 0 Å². The molecule has 0 aliphatic carbocycles. The van der Waals surface area contributed by atoms with Gasteiger partial charge in [0.15, 0.2) is 0 Å². The van der Waals surface area contributed by atoms with Crippen LogP contribution in [0, 0.1) is 0 Å². The number of benzene rings is 2. The number of hydrogen-bond acceptors (Lipinski definition) is 4. The molecule has 0 unspecified atom stereocenters. The number of imide groups is 1. The molecule has 2 aromatic rings. The Labute approximate surface area is 151 Å². The van der Waals surface area contributed by atoms with Crippen molar-refractivity contribution in [2.24, 2.45) is 0 Å². The minimum absolute atomic E-state index is 0.194. The van der Waals surface area contributed by atoms with E-state index in [4.69, 9.17) is 4.74 Å². The normalized spacial score (nSPS) is 15.9. The molecule has 1 aliphatic heterocycles. The minimum atomic E-state index is -0.207. The highest BCUT2D eigenvalue weighted by Gasteiger charge is 2.34. The van der Waals surface area contributed by atoms with E-state index in [1.54, 1.807) is 6.08 Å². The summed E-state index contributed by atoms with van der Waals surface area (Å²) in [4.78, 5) is 25.9. The van der Waals surface area contributed by atoms with Crippen molar-refractivity contribution in [3.8, 4) is 5.75 Å². The van der Waals surface area contributed by atoms with Crippen LogP contribution in [0.1, 0.15) is 24.5 Å². The lowest BCUT2D eigenvalue weighted by atomic mass is 10.2. The summed E-state index contributed by atoms with van der Waals surface area (Å²) in [5.41, 5.74) is 1.98. The molecule has 0 N–H and O–H groups in total. The van der Waals surface area contributed by atoms with E-state index in [0.717, 1.165) is 35.1 Å². The average Bonchev–Trinajstić information content (AvgIpc) is 2.90. The van der Waals surface area contributed by atoms with Gasteiger partial charge >= 0.3 is 0 Å². The zero-order valence-electron chi connectivity index (χ0n) is 14.0. The first-order chi connectivity index (χ1) is 12.2. The van der Waals surface area contributed by atoms with Crippen LogP contribution in [0.3, 0.4) is 0 Å². The quantitative estimate of drug-likeness (QED) is 0.706. The van der Waals surface area contributed by atoms with Crippen LogP contribution >= 0.6 is 11.8 Å². The Morgan fingerprint density at radius 3 is 2.44 bits per heavy atom. The second-order valence-electron chi connectivity index (χ2n) is 5.68. The minimum Gasteiger partial charge on any atom is -0.489 e. The molecule has 0 radical (unpaired) electrons. The maximum atomic E-state index is 12.2. The number of thioether (sulfide) groups is 1. The van der Waals surface area contributed by atoms with Crippen molar-refractivity contribution in [3.05, 3.63) is 70.6 Å². The molecule has 128 valence electrons. The van der Waals surface area contributed by atoms with E-state index in [-0.39, 0.29) is 11.1 Å². The Balaban J connectivity index is 1.64. The van der Waals surface area contributed by atoms with Gasteiger partial charge in [0.25, 0.3) is 11.1 Å². The smallest absolute Gasteiger partial charge is 0.293 e. The van der Waals surface area contributed by atoms with Gasteiger partial charge in [0.2, 0.25) is 0 Å². The van der Waals surface area contributed by atoms with Crippen LogP contribution in [0.2, 0.25) is 0 Å². The fraction of sp³-hybridized carbons (Fsp3) is 0.200. The fourth-order valence-electron chi connectivity index (χ4n) is 2.47. The molecule has 1 aliphatic rings. The highest BCUT2D eigenvalue weighted by Crippen LogP contribution is 2.32. The highest BCUT2D eigenvalue weighted by molar-refractivity contribution is 8.18. The van der Waals surface area contributed by atoms with Gasteiger partial charge in [0, 0.05) is 6.54 Å². The first kappa shape index (κ1) is 17.3. The molecule has 0 bridgehead atoms. The van der Waals surface area contributed by atoms with Crippen LogP contribution in [-0.4, -0.2) is 22.6 Å². The Morgan fingerprint density at radius 1 is 1.04 bits per heavy atom. The monoisotopic (exact) mass is 353 g/mol. The van der Waals surface area contributed by atoms with E-state index in [2.05, 4.69) is 0 Å². The third-order valence-electron chi connectivity index (χ3n) is 3.75. The predicted octanol–water partition coefficient (Wildman–Crippen LogP) is 4.71. The van der Waals surface area contributed by atoms with Crippen molar-refractivity contribution in [2.75, 3.05) is 6.54 Å². The lowest BCUT2D eigenvalue weighted by Gasteiger charge is -2.09. The Hall–Kier alpha value is -2.53. The van der Waals surface area contributed by atoms with Gasteiger partial charge in [-0.3, -0.25) is 14.5 Å². The zero-order valence-corrected chi connectivity index (χ0v) is 14.8. The summed E-state index contributed by atoms with van der Waals surface area (Å²) in [5.74, 6) is 0.557. The molecule has 0 atom stereocenters. The number of carbonyl (C=O) groups is 2. The van der Waals surface area contributed by atoms with E-state index in [1.807, 2.05) is 61.5 Å². The molecule has 1 fully saturated rings. The SMILES string of the molecule is CCCN1C(=O)S/C(=C/c2ccc(OCc3ccccc3)cc2)C1=O. The molecular formula is C20H19NO3S. The molecule has 25 heavy (non-hydrogen) atoms. The van der Waals surface area contributed by atoms with E-state index < -0.39 is 0 Å². The third kappa shape index (κ3) is 4.31. The maximum absolute atomic E-state index is 12.2. The van der Waals surface area contributed by atoms with Crippen LogP contribution in [0.15, 0.2) is 59.5 Å². The van der Waals surface area contributed by atoms with Gasteiger partial charge in [0.1, 0.15) is 12.4 Å². The lowest BCUT2D eigenvalue weighted by Crippen LogP contribution is -2.28. The van der Waals surface area contributed by atoms with Gasteiger partial charge in [-0.15, -0.1) is 0 Å². The molecule has 1 heterocycles. The van der Waals surface area contributed by atoms with Crippen molar-refractivity contribution < 1.29 is 14.3 Å². The second-order valence-corrected chi connectivity index (χ2v) is 6.67. The van der Waals surface area contributed by atoms with Gasteiger partial charge in [-0.25, -0.2) is 0 Å². The first-order valence-corrected chi connectivity index (χ1v) is 9.01. The van der Waals surface area contributed by atoms with Crippen LogP contribution in [0.4, 0.5) is 4.79 Å². The molecule has 2 aromatic carbocycles. The number of nitrogens with zero attached hydrogens (tertiary/aromatic N) is 1. The van der Waals surface area contributed by atoms with Crippen molar-refractivity contribution >= 4 is 29.0 Å². The van der Waals surface area contributed by atoms with Gasteiger partial charge in [-0.2, -0.15) is 0 Å². The second kappa shape index (κ2) is 8.03. The van der Waals surface area contributed by atoms with E-state index in [9.17, 15) is 9.59 Å². The van der Waals surface area contributed by atoms with Crippen LogP contribution in [0.5, 0.6) is 5.75 Å². The van der Waals surface area contributed by atoms with Crippen LogP contribution in [-0.2, 0) is 11.4 Å². The number of amides is 2. The van der Waals surface area contributed by atoms with Gasteiger partial charge in [-0.1, -0.05) is 49.4 Å². The topological polar surface area (TPSA) is 46.6 Å². The summed E-state index contributed by atoms with van der Waals surface area (Å²) in [5, 5.41) is -0.194. The fourth-order valence-corrected chi connectivity index (χ4v) is 3.33. The predicted molar refractivity (Wildman–Crippen MR) is 100 cm³/mol. The Morgan fingerprint density at radius 2 is 1.76 bits per heavy atom. The summed E-state index contributed by atoms with van der Waals surface area (Å²) in [6.07, 6.45) is 2.51. The van der Waals surface area contributed by atoms with Gasteiger partial charge < -0.3 is 4.74 Å². The number of carbonyl (C=O) groups excluding carboxylic acids is 2. The highest BCUT2D eigenvalue weighted by atomic mass is 32.2. The van der Waals surface area contributed by atoms with E-state index in [1.165, 1.54) is 4.90 Å². The standard InChI is InChI=1S/C20H19NO3S/c1-2-12-21-19(22)18(25-20(21)23)13-15-8-10-17(11-9-15)24-14-16-6-4-3-5-7-16/h3-11,13H,2,12,14H2,1H3/b18-13+. The van der Waals surface area contributed by atoms with Crippen molar-refractivity contribution in [2.45, 2.75) is 20.0 Å². The number of rotatable bonds is 6. The number of ether oxygens (including phenoxy) is 1. The summed E-state index contributed by atoms with van der Waals surface area (Å²) in [7, 11) is 0. The molecular weight excluding hydrogens is 334 g/mol. The van der Waals surface area contributed by atoms with E-state index >= 15 is 0 Å². The summed E-state index contributed by atoms with van der Waals surface area (Å²) in [6, 6.07) is 17.5. The zero-order chi connectivity index (χ0) is 17.6. The molecule has 0 aromatic heterocycles. The van der Waals surface area contributed by atoms with E-state index in [0.29, 0.717) is 18.1 Å². The largest absolute Gasteiger partial charge is 0.489 e. The molecule has 0 saturated carbocycles. The molecule has 3 rings (SSSR count). The molecule has 4 nitrogen and oxygen atoms in total. The third-order valence-corrected chi connectivity index (χ3v) is 4.65. The lowest BCUT2D eigenvalue weighted by molar-refractivity contribution is -0.122. The van der Waals surface area contributed by atoms with Gasteiger partial charge in [-0.05, 0) is 47.5 Å². The summed E-state index contributed by atoms with van der Waals surface area (Å²) < 4.78 is 5.75. The first-order valence-electron chi connectivity index (χ1n) is 8.19. The van der Waals surface area contributed by atoms with Gasteiger partial charge in [0.05, 0.1) is 4.91 Å².